The quantitative estimate of drug-likeness (QED) is 0.788. The van der Waals surface area contributed by atoms with Crippen molar-refractivity contribution < 1.29 is 19.4 Å². The fourth-order valence-corrected chi connectivity index (χ4v) is 2.86. The molecule has 0 saturated heterocycles. The zero-order chi connectivity index (χ0) is 18.7. The molecule has 0 fully saturated rings. The molecule has 7 nitrogen and oxygen atoms in total. The van der Waals surface area contributed by atoms with E-state index in [1.165, 1.54) is 14.0 Å². The Morgan fingerprint density at radius 1 is 1.15 bits per heavy atom. The number of aromatic hydroxyl groups is 1. The molecule has 3 N–H and O–H groups in total. The lowest BCUT2D eigenvalue weighted by molar-refractivity contribution is -0.111. The predicted octanol–water partition coefficient (Wildman–Crippen LogP) is 2.62. The number of carbonyl (C=O) groups is 2. The van der Waals surface area contributed by atoms with E-state index in [-0.39, 0.29) is 17.2 Å². The summed E-state index contributed by atoms with van der Waals surface area (Å²) in [5.74, 6) is -0.120. The van der Waals surface area contributed by atoms with Gasteiger partial charge in [0.2, 0.25) is 0 Å². The van der Waals surface area contributed by atoms with Gasteiger partial charge in [0, 0.05) is 18.2 Å². The average Bonchev–Trinajstić information content (AvgIpc) is 2.79. The van der Waals surface area contributed by atoms with Crippen LogP contribution >= 0.6 is 0 Å². The van der Waals surface area contributed by atoms with Gasteiger partial charge in [0.15, 0.2) is 5.78 Å². The van der Waals surface area contributed by atoms with Crippen LogP contribution in [0.5, 0.6) is 5.75 Å². The molecule has 0 aliphatic carbocycles. The second kappa shape index (κ2) is 7.26. The van der Waals surface area contributed by atoms with Gasteiger partial charge in [0.25, 0.3) is 0 Å². The molecule has 3 rings (SSSR count). The molecule has 1 unspecified atom stereocenters. The first-order valence-corrected chi connectivity index (χ1v) is 8.07. The lowest BCUT2D eigenvalue weighted by Gasteiger charge is -2.19. The van der Waals surface area contributed by atoms with E-state index in [4.69, 9.17) is 0 Å². The number of benzene rings is 2. The van der Waals surface area contributed by atoms with Crippen molar-refractivity contribution in [1.29, 1.82) is 0 Å². The fraction of sp³-hybridized carbons (Fsp3) is 0.211. The largest absolute Gasteiger partial charge is 0.508 e. The van der Waals surface area contributed by atoms with Crippen LogP contribution in [0.3, 0.4) is 0 Å². The van der Waals surface area contributed by atoms with Crippen molar-refractivity contribution in [2.24, 2.45) is 4.99 Å². The number of phenols is 1. The Morgan fingerprint density at radius 3 is 2.50 bits per heavy atom. The Hall–Kier alpha value is -3.35. The van der Waals surface area contributed by atoms with Gasteiger partial charge in [-0.1, -0.05) is 30.3 Å². The van der Waals surface area contributed by atoms with Crippen LogP contribution in [-0.4, -0.2) is 36.0 Å². The SMILES string of the molecule is COC(=O)NC1Nc2ccccc2[C@@H](c2ccc(O)cc2)N=C1C(C)=O. The van der Waals surface area contributed by atoms with Gasteiger partial charge in [-0.25, -0.2) is 4.79 Å². The van der Waals surface area contributed by atoms with E-state index >= 15 is 0 Å². The van der Waals surface area contributed by atoms with Gasteiger partial charge < -0.3 is 15.2 Å². The van der Waals surface area contributed by atoms with Crippen molar-refractivity contribution in [3.63, 3.8) is 0 Å². The van der Waals surface area contributed by atoms with E-state index in [2.05, 4.69) is 20.4 Å². The van der Waals surface area contributed by atoms with Crippen molar-refractivity contribution in [2.75, 3.05) is 12.4 Å². The van der Waals surface area contributed by atoms with Crippen molar-refractivity contribution in [2.45, 2.75) is 19.1 Å². The molecule has 0 bridgehead atoms. The van der Waals surface area contributed by atoms with Crippen molar-refractivity contribution >= 4 is 23.3 Å². The number of ketones is 1. The summed E-state index contributed by atoms with van der Waals surface area (Å²) in [6.07, 6.45) is -1.49. The topological polar surface area (TPSA) is 100 Å². The number of anilines is 1. The van der Waals surface area contributed by atoms with Gasteiger partial charge in [-0.05, 0) is 23.8 Å². The Kier molecular flexibility index (Phi) is 4.88. The van der Waals surface area contributed by atoms with Crippen LogP contribution < -0.4 is 10.6 Å². The number of fused-ring (bicyclic) bond motifs is 1. The standard InChI is InChI=1S/C19H19N3O4/c1-11(23)16-18(22-19(25)26-2)20-15-6-4-3-5-14(15)17(21-16)12-7-9-13(24)10-8-12/h3-10,17-18,20,24H,1-2H3,(H,22,25)/t17-,18?/m1/s1. The molecular formula is C19H19N3O4. The molecule has 2 atom stereocenters. The van der Waals surface area contributed by atoms with Gasteiger partial charge in [-0.3, -0.25) is 15.1 Å². The van der Waals surface area contributed by atoms with Gasteiger partial charge in [-0.2, -0.15) is 0 Å². The van der Waals surface area contributed by atoms with E-state index in [0.717, 1.165) is 16.8 Å². The van der Waals surface area contributed by atoms with Crippen LogP contribution in [-0.2, 0) is 9.53 Å². The van der Waals surface area contributed by atoms with Crippen molar-refractivity contribution in [3.05, 3.63) is 59.7 Å². The Labute approximate surface area is 150 Å². The van der Waals surface area contributed by atoms with Crippen LogP contribution in [0.25, 0.3) is 0 Å². The van der Waals surface area contributed by atoms with E-state index in [1.54, 1.807) is 24.3 Å². The fourth-order valence-electron chi connectivity index (χ4n) is 2.86. The molecule has 26 heavy (non-hydrogen) atoms. The van der Waals surface area contributed by atoms with Crippen LogP contribution in [0, 0.1) is 0 Å². The Morgan fingerprint density at radius 2 is 1.85 bits per heavy atom. The third-order valence-corrected chi connectivity index (χ3v) is 4.11. The molecule has 1 aliphatic heterocycles. The number of nitrogens with one attached hydrogen (secondary N) is 2. The first kappa shape index (κ1) is 17.5. The molecule has 1 heterocycles. The molecule has 134 valence electrons. The lowest BCUT2D eigenvalue weighted by Crippen LogP contribution is -2.48. The number of rotatable bonds is 3. The highest BCUT2D eigenvalue weighted by Crippen LogP contribution is 2.35. The van der Waals surface area contributed by atoms with E-state index in [0.29, 0.717) is 0 Å². The van der Waals surface area contributed by atoms with Crippen molar-refractivity contribution in [1.82, 2.24) is 5.32 Å². The molecule has 0 aromatic heterocycles. The predicted molar refractivity (Wildman–Crippen MR) is 97.5 cm³/mol. The minimum Gasteiger partial charge on any atom is -0.508 e. The second-order valence-corrected chi connectivity index (χ2v) is 5.87. The van der Waals surface area contributed by atoms with Gasteiger partial charge in [0.1, 0.15) is 23.7 Å². The number of para-hydroxylation sites is 1. The molecule has 2 aromatic carbocycles. The number of phenolic OH excluding ortho intramolecular Hbond substituents is 1. The summed E-state index contributed by atoms with van der Waals surface area (Å²) in [5.41, 5.74) is 2.59. The molecule has 1 aliphatic rings. The number of methoxy groups -OCH3 is 1. The second-order valence-electron chi connectivity index (χ2n) is 5.87. The zero-order valence-electron chi connectivity index (χ0n) is 14.4. The van der Waals surface area contributed by atoms with E-state index in [1.807, 2.05) is 24.3 Å². The summed E-state index contributed by atoms with van der Waals surface area (Å²) in [6, 6.07) is 13.7. The minimum atomic E-state index is -0.816. The number of hydrogen-bond acceptors (Lipinski definition) is 6. The summed E-state index contributed by atoms with van der Waals surface area (Å²) in [6.45, 7) is 1.40. The van der Waals surface area contributed by atoms with Gasteiger partial charge in [-0.15, -0.1) is 0 Å². The number of hydrogen-bond donors (Lipinski definition) is 3. The van der Waals surface area contributed by atoms with Gasteiger partial charge in [0.05, 0.1) is 7.11 Å². The van der Waals surface area contributed by atoms with Crippen LogP contribution in [0.1, 0.15) is 24.1 Å². The first-order valence-electron chi connectivity index (χ1n) is 8.07. The summed E-state index contributed by atoms with van der Waals surface area (Å²) >= 11 is 0. The summed E-state index contributed by atoms with van der Waals surface area (Å²) < 4.78 is 4.65. The molecule has 2 aromatic rings. The third-order valence-electron chi connectivity index (χ3n) is 4.11. The normalized spacial score (nSPS) is 18.6. The van der Waals surface area contributed by atoms with E-state index in [9.17, 15) is 14.7 Å². The molecule has 7 heteroatoms. The number of aliphatic imine (C=N–C) groups is 1. The molecule has 0 saturated carbocycles. The Bertz CT molecular complexity index is 861. The monoisotopic (exact) mass is 353 g/mol. The maximum absolute atomic E-state index is 12.2. The highest BCUT2D eigenvalue weighted by Gasteiger charge is 2.30. The smallest absolute Gasteiger partial charge is 0.408 e. The van der Waals surface area contributed by atoms with E-state index < -0.39 is 18.3 Å². The number of carbonyl (C=O) groups excluding carboxylic acids is 2. The van der Waals surface area contributed by atoms with Crippen LogP contribution in [0.15, 0.2) is 53.5 Å². The average molecular weight is 353 g/mol. The van der Waals surface area contributed by atoms with Gasteiger partial charge >= 0.3 is 6.09 Å². The lowest BCUT2D eigenvalue weighted by atomic mass is 9.97. The zero-order valence-corrected chi connectivity index (χ0v) is 14.4. The third kappa shape index (κ3) is 3.51. The number of ether oxygens (including phenoxy) is 1. The van der Waals surface area contributed by atoms with Crippen LogP contribution in [0.2, 0.25) is 0 Å². The summed E-state index contributed by atoms with van der Waals surface area (Å²) in [7, 11) is 1.25. The highest BCUT2D eigenvalue weighted by molar-refractivity contribution is 6.41. The number of alkyl carbamates (subject to hydrolysis) is 1. The number of nitrogens with zero attached hydrogens (tertiary/aromatic N) is 1. The maximum Gasteiger partial charge on any atom is 0.408 e. The highest BCUT2D eigenvalue weighted by atomic mass is 16.5. The molecule has 0 spiro atoms. The Balaban J connectivity index is 2.13. The minimum absolute atomic E-state index is 0.148. The summed E-state index contributed by atoms with van der Waals surface area (Å²) in [5, 5.41) is 15.3. The molecule has 0 radical (unpaired) electrons. The van der Waals surface area contributed by atoms with Crippen LogP contribution in [0.4, 0.5) is 10.5 Å². The molecular weight excluding hydrogens is 334 g/mol. The van der Waals surface area contributed by atoms with Crippen molar-refractivity contribution in [3.8, 4) is 5.75 Å². The number of amides is 1. The molecule has 1 amide bonds. The first-order chi connectivity index (χ1) is 12.5. The summed E-state index contributed by atoms with van der Waals surface area (Å²) in [4.78, 5) is 28.5. The number of Topliss-reactive ketones (excluding diaryl/α,β-unsaturated/α-hetero) is 1. The maximum atomic E-state index is 12.2.